The molecule has 0 bridgehead atoms. The van der Waals surface area contributed by atoms with Crippen LogP contribution in [0.25, 0.3) is 0 Å². The van der Waals surface area contributed by atoms with Crippen molar-refractivity contribution in [1.29, 1.82) is 0 Å². The molecule has 2 rings (SSSR count). The molecule has 0 aliphatic rings. The zero-order valence-electron chi connectivity index (χ0n) is 8.04. The van der Waals surface area contributed by atoms with Crippen LogP contribution in [0.1, 0.15) is 9.67 Å². The predicted octanol–water partition coefficient (Wildman–Crippen LogP) is 3.79. The topological polar surface area (TPSA) is 29.1 Å². The van der Waals surface area contributed by atoms with E-state index in [2.05, 4.69) is 5.32 Å². The van der Waals surface area contributed by atoms with Crippen LogP contribution in [0.5, 0.6) is 0 Å². The number of hydrogen-bond acceptors (Lipinski definition) is 2. The Morgan fingerprint density at radius 1 is 1.25 bits per heavy atom. The zero-order chi connectivity index (χ0) is 11.5. The van der Waals surface area contributed by atoms with Gasteiger partial charge in [-0.1, -0.05) is 23.7 Å². The molecule has 0 saturated heterocycles. The van der Waals surface area contributed by atoms with Gasteiger partial charge in [-0.15, -0.1) is 11.3 Å². The van der Waals surface area contributed by atoms with E-state index in [1.54, 1.807) is 24.3 Å². The molecule has 0 spiro atoms. The zero-order valence-corrected chi connectivity index (χ0v) is 9.61. The molecule has 82 valence electrons. The summed E-state index contributed by atoms with van der Waals surface area (Å²) in [6, 6.07) is 9.23. The molecule has 2 nitrogen and oxygen atoms in total. The van der Waals surface area contributed by atoms with Crippen molar-refractivity contribution in [2.24, 2.45) is 0 Å². The molecule has 2 aromatic rings. The number of carbonyl (C=O) groups excluding carboxylic acids is 1. The van der Waals surface area contributed by atoms with Gasteiger partial charge in [-0.25, -0.2) is 4.39 Å². The summed E-state index contributed by atoms with van der Waals surface area (Å²) in [6.45, 7) is 0. The van der Waals surface area contributed by atoms with Gasteiger partial charge in [0.15, 0.2) is 0 Å². The highest BCUT2D eigenvalue weighted by atomic mass is 35.5. The maximum Gasteiger partial charge on any atom is 0.265 e. The summed E-state index contributed by atoms with van der Waals surface area (Å²) in [7, 11) is 0. The first-order valence-electron chi connectivity index (χ1n) is 4.48. The van der Waals surface area contributed by atoms with E-state index in [-0.39, 0.29) is 11.6 Å². The molecule has 0 radical (unpaired) electrons. The van der Waals surface area contributed by atoms with Gasteiger partial charge in [-0.05, 0) is 24.3 Å². The lowest BCUT2D eigenvalue weighted by Gasteiger charge is -2.03. The van der Waals surface area contributed by atoms with E-state index in [0.29, 0.717) is 9.21 Å². The summed E-state index contributed by atoms with van der Waals surface area (Å²) in [5.74, 6) is -0.819. The third-order valence-corrected chi connectivity index (χ3v) is 3.15. The Bertz CT molecular complexity index is 526. The number of carbonyl (C=O) groups is 1. The molecule has 1 heterocycles. The van der Waals surface area contributed by atoms with E-state index in [4.69, 9.17) is 11.6 Å². The number of anilines is 1. The Morgan fingerprint density at radius 3 is 2.62 bits per heavy atom. The summed E-state index contributed by atoms with van der Waals surface area (Å²) in [4.78, 5) is 12.1. The minimum atomic E-state index is -0.460. The van der Waals surface area contributed by atoms with Crippen LogP contribution in [0.15, 0.2) is 36.4 Å². The first-order valence-corrected chi connectivity index (χ1v) is 5.67. The highest BCUT2D eigenvalue weighted by molar-refractivity contribution is 7.18. The van der Waals surface area contributed by atoms with Crippen LogP contribution in [-0.4, -0.2) is 5.91 Å². The van der Waals surface area contributed by atoms with Gasteiger partial charge in [0.2, 0.25) is 0 Å². The largest absolute Gasteiger partial charge is 0.319 e. The smallest absolute Gasteiger partial charge is 0.265 e. The normalized spacial score (nSPS) is 10.1. The molecule has 1 aromatic heterocycles. The van der Waals surface area contributed by atoms with Crippen LogP contribution < -0.4 is 5.32 Å². The van der Waals surface area contributed by atoms with Crippen molar-refractivity contribution in [2.75, 3.05) is 5.32 Å². The van der Waals surface area contributed by atoms with Crippen molar-refractivity contribution >= 4 is 34.5 Å². The first kappa shape index (κ1) is 11.1. The number of amides is 1. The molecule has 16 heavy (non-hydrogen) atoms. The molecule has 1 N–H and O–H groups in total. The number of thiophene rings is 1. The molecular formula is C11H7ClFNOS. The van der Waals surface area contributed by atoms with Crippen LogP contribution in [0.2, 0.25) is 4.34 Å². The number of para-hydroxylation sites is 1. The molecule has 0 aliphatic carbocycles. The van der Waals surface area contributed by atoms with E-state index < -0.39 is 5.82 Å². The highest BCUT2D eigenvalue weighted by Crippen LogP contribution is 2.22. The molecule has 5 heteroatoms. The Labute approximate surface area is 101 Å². The SMILES string of the molecule is O=C(Nc1ccccc1F)c1ccc(Cl)s1. The van der Waals surface area contributed by atoms with E-state index in [1.807, 2.05) is 0 Å². The monoisotopic (exact) mass is 255 g/mol. The van der Waals surface area contributed by atoms with Crippen molar-refractivity contribution in [3.05, 3.63) is 51.4 Å². The quantitative estimate of drug-likeness (QED) is 0.869. The van der Waals surface area contributed by atoms with E-state index in [1.165, 1.54) is 12.1 Å². The highest BCUT2D eigenvalue weighted by Gasteiger charge is 2.10. The van der Waals surface area contributed by atoms with Gasteiger partial charge >= 0.3 is 0 Å². The van der Waals surface area contributed by atoms with Gasteiger partial charge in [0.1, 0.15) is 5.82 Å². The van der Waals surface area contributed by atoms with Crippen LogP contribution in [0, 0.1) is 5.82 Å². The Balaban J connectivity index is 2.17. The number of hydrogen-bond donors (Lipinski definition) is 1. The second-order valence-corrected chi connectivity index (χ2v) is 4.75. The van der Waals surface area contributed by atoms with Crippen molar-refractivity contribution in [3.8, 4) is 0 Å². The first-order chi connectivity index (χ1) is 7.66. The Morgan fingerprint density at radius 2 is 2.00 bits per heavy atom. The summed E-state index contributed by atoms with van der Waals surface area (Å²) < 4.78 is 13.8. The minimum absolute atomic E-state index is 0.164. The maximum absolute atomic E-state index is 13.2. The third kappa shape index (κ3) is 2.40. The van der Waals surface area contributed by atoms with Crippen molar-refractivity contribution < 1.29 is 9.18 Å². The number of halogens is 2. The molecule has 0 saturated carbocycles. The Kier molecular flexibility index (Phi) is 3.22. The molecule has 0 unspecified atom stereocenters. The van der Waals surface area contributed by atoms with Crippen LogP contribution >= 0.6 is 22.9 Å². The van der Waals surface area contributed by atoms with Crippen molar-refractivity contribution in [3.63, 3.8) is 0 Å². The van der Waals surface area contributed by atoms with Crippen LogP contribution in [-0.2, 0) is 0 Å². The predicted molar refractivity (Wildman–Crippen MR) is 63.7 cm³/mol. The summed E-state index contributed by atoms with van der Waals surface area (Å²) in [5.41, 5.74) is 0.164. The number of rotatable bonds is 2. The lowest BCUT2D eigenvalue weighted by Crippen LogP contribution is -2.11. The van der Waals surface area contributed by atoms with Crippen molar-refractivity contribution in [1.82, 2.24) is 0 Å². The number of benzene rings is 1. The Hall–Kier alpha value is -1.39. The summed E-state index contributed by atoms with van der Waals surface area (Å²) in [6.07, 6.45) is 0. The van der Waals surface area contributed by atoms with Gasteiger partial charge in [-0.2, -0.15) is 0 Å². The molecule has 1 amide bonds. The fourth-order valence-electron chi connectivity index (χ4n) is 1.18. The van der Waals surface area contributed by atoms with Crippen LogP contribution in [0.4, 0.5) is 10.1 Å². The summed E-state index contributed by atoms with van der Waals surface area (Å²) >= 11 is 6.86. The standard InChI is InChI=1S/C11H7ClFNOS/c12-10-6-5-9(16-10)11(15)14-8-4-2-1-3-7(8)13/h1-6H,(H,14,15). The molecule has 1 aromatic carbocycles. The van der Waals surface area contributed by atoms with Gasteiger partial charge in [0.05, 0.1) is 14.9 Å². The van der Waals surface area contributed by atoms with Gasteiger partial charge in [0.25, 0.3) is 5.91 Å². The maximum atomic E-state index is 13.2. The average molecular weight is 256 g/mol. The van der Waals surface area contributed by atoms with Crippen LogP contribution in [0.3, 0.4) is 0 Å². The van der Waals surface area contributed by atoms with E-state index >= 15 is 0 Å². The molecular weight excluding hydrogens is 249 g/mol. The van der Waals surface area contributed by atoms with Crippen molar-refractivity contribution in [2.45, 2.75) is 0 Å². The summed E-state index contributed by atoms with van der Waals surface area (Å²) in [5, 5.41) is 2.48. The third-order valence-electron chi connectivity index (χ3n) is 1.92. The van der Waals surface area contributed by atoms with Gasteiger partial charge in [0, 0.05) is 0 Å². The lowest BCUT2D eigenvalue weighted by atomic mass is 10.3. The fraction of sp³-hybridized carbons (Fsp3) is 0. The second kappa shape index (κ2) is 4.63. The number of nitrogens with one attached hydrogen (secondary N) is 1. The fourth-order valence-corrected chi connectivity index (χ4v) is 2.12. The molecule has 0 fully saturated rings. The minimum Gasteiger partial charge on any atom is -0.319 e. The van der Waals surface area contributed by atoms with Gasteiger partial charge < -0.3 is 5.32 Å². The van der Waals surface area contributed by atoms with E-state index in [9.17, 15) is 9.18 Å². The average Bonchev–Trinajstić information content (AvgIpc) is 2.68. The molecule has 0 aliphatic heterocycles. The van der Waals surface area contributed by atoms with Gasteiger partial charge in [-0.3, -0.25) is 4.79 Å². The molecule has 0 atom stereocenters. The van der Waals surface area contributed by atoms with E-state index in [0.717, 1.165) is 11.3 Å². The lowest BCUT2D eigenvalue weighted by molar-refractivity contribution is 0.103. The second-order valence-electron chi connectivity index (χ2n) is 3.04.